The molecule has 2 aliphatic rings. The molecule has 0 spiro atoms. The molecule has 0 unspecified atom stereocenters. The molecular weight excluding hydrogens is 222 g/mol. The molecule has 0 aromatic heterocycles. The molecule has 3 nitrogen and oxygen atoms in total. The normalized spacial score (nSPS) is 23.5. The van der Waals surface area contributed by atoms with Crippen LogP contribution >= 0.6 is 0 Å². The highest BCUT2D eigenvalue weighted by molar-refractivity contribution is 4.77. The van der Waals surface area contributed by atoms with Gasteiger partial charge in [-0.1, -0.05) is 13.8 Å². The van der Waals surface area contributed by atoms with Crippen LogP contribution in [0.15, 0.2) is 0 Å². The van der Waals surface area contributed by atoms with Gasteiger partial charge in [-0.05, 0) is 77.3 Å². The van der Waals surface area contributed by atoms with Crippen molar-refractivity contribution in [3.8, 4) is 0 Å². The Balaban J connectivity index is 0.000000771. The molecule has 108 valence electrons. The van der Waals surface area contributed by atoms with Gasteiger partial charge in [0.2, 0.25) is 0 Å². The first-order valence-electron chi connectivity index (χ1n) is 7.96. The highest BCUT2D eigenvalue weighted by atomic mass is 15.1. The number of likely N-dealkylation sites (tertiary alicyclic amines) is 1. The third-order valence-electron chi connectivity index (χ3n) is 4.18. The van der Waals surface area contributed by atoms with Crippen molar-refractivity contribution in [1.82, 2.24) is 15.5 Å². The molecule has 0 saturated carbocycles. The predicted molar refractivity (Wildman–Crippen MR) is 80.0 cm³/mol. The first-order chi connectivity index (χ1) is 8.88. The van der Waals surface area contributed by atoms with Crippen molar-refractivity contribution in [2.24, 2.45) is 11.8 Å². The van der Waals surface area contributed by atoms with E-state index >= 15 is 0 Å². The highest BCUT2D eigenvalue weighted by Crippen LogP contribution is 2.20. The van der Waals surface area contributed by atoms with E-state index in [0.29, 0.717) is 0 Å². The molecule has 0 aromatic rings. The van der Waals surface area contributed by atoms with E-state index in [0.717, 1.165) is 11.8 Å². The summed E-state index contributed by atoms with van der Waals surface area (Å²) in [5, 5.41) is 6.76. The van der Waals surface area contributed by atoms with Gasteiger partial charge in [0.15, 0.2) is 0 Å². The fourth-order valence-electron chi connectivity index (χ4n) is 3.09. The maximum Gasteiger partial charge on any atom is 0.00106 e. The number of nitrogens with one attached hydrogen (secondary N) is 2. The maximum absolute atomic E-state index is 3.45. The average molecular weight is 255 g/mol. The van der Waals surface area contributed by atoms with Crippen molar-refractivity contribution in [3.63, 3.8) is 0 Å². The Hall–Kier alpha value is -0.120. The number of nitrogens with zero attached hydrogens (tertiary/aromatic N) is 1. The quantitative estimate of drug-likeness (QED) is 0.804. The van der Waals surface area contributed by atoms with E-state index in [4.69, 9.17) is 0 Å². The van der Waals surface area contributed by atoms with Gasteiger partial charge in [-0.2, -0.15) is 0 Å². The second kappa shape index (κ2) is 9.76. The van der Waals surface area contributed by atoms with Crippen molar-refractivity contribution in [3.05, 3.63) is 0 Å². The lowest BCUT2D eigenvalue weighted by Gasteiger charge is -2.35. The van der Waals surface area contributed by atoms with Crippen LogP contribution in [0.4, 0.5) is 0 Å². The molecule has 2 N–H and O–H groups in total. The van der Waals surface area contributed by atoms with Gasteiger partial charge in [0.05, 0.1) is 0 Å². The topological polar surface area (TPSA) is 27.3 Å². The fourth-order valence-corrected chi connectivity index (χ4v) is 3.09. The Kier molecular flexibility index (Phi) is 8.64. The van der Waals surface area contributed by atoms with Gasteiger partial charge in [-0.3, -0.25) is 0 Å². The Morgan fingerprint density at radius 1 is 1.00 bits per heavy atom. The third kappa shape index (κ3) is 5.68. The molecule has 0 atom stereocenters. The van der Waals surface area contributed by atoms with Crippen LogP contribution in [0.5, 0.6) is 0 Å². The molecule has 2 fully saturated rings. The Morgan fingerprint density at radius 2 is 1.61 bits per heavy atom. The molecular formula is C15H33N3. The third-order valence-corrected chi connectivity index (χ3v) is 4.18. The number of hydrogen-bond donors (Lipinski definition) is 2. The largest absolute Gasteiger partial charge is 0.319 e. The van der Waals surface area contributed by atoms with E-state index in [-0.39, 0.29) is 0 Å². The highest BCUT2D eigenvalue weighted by Gasteiger charge is 2.22. The average Bonchev–Trinajstić information content (AvgIpc) is 2.45. The monoisotopic (exact) mass is 255 g/mol. The van der Waals surface area contributed by atoms with Gasteiger partial charge in [-0.25, -0.2) is 0 Å². The standard InChI is InChI=1S/C13H27N3.C2H6/c1-14-10-12-4-8-16(9-5-12)11-13-2-6-15-7-3-13;1-2/h12-15H,2-11H2,1H3;1-2H3. The summed E-state index contributed by atoms with van der Waals surface area (Å²) in [6.07, 6.45) is 5.56. The Labute approximate surface area is 114 Å². The smallest absolute Gasteiger partial charge is 0.00106 e. The lowest BCUT2D eigenvalue weighted by molar-refractivity contribution is 0.148. The van der Waals surface area contributed by atoms with E-state index in [9.17, 15) is 0 Å². The van der Waals surface area contributed by atoms with Gasteiger partial charge >= 0.3 is 0 Å². The minimum absolute atomic E-state index is 0.925. The first kappa shape index (κ1) is 15.9. The molecule has 2 rings (SSSR count). The molecule has 0 bridgehead atoms. The zero-order valence-corrected chi connectivity index (χ0v) is 12.7. The summed E-state index contributed by atoms with van der Waals surface area (Å²) in [7, 11) is 2.07. The van der Waals surface area contributed by atoms with E-state index < -0.39 is 0 Å². The number of hydrogen-bond acceptors (Lipinski definition) is 3. The van der Waals surface area contributed by atoms with E-state index in [2.05, 4.69) is 22.6 Å². The van der Waals surface area contributed by atoms with Gasteiger partial charge < -0.3 is 15.5 Å². The summed E-state index contributed by atoms with van der Waals surface area (Å²) in [5.41, 5.74) is 0. The first-order valence-corrected chi connectivity index (χ1v) is 7.96. The van der Waals surface area contributed by atoms with Crippen LogP contribution in [0.25, 0.3) is 0 Å². The zero-order valence-electron chi connectivity index (χ0n) is 12.7. The van der Waals surface area contributed by atoms with Crippen molar-refractivity contribution in [2.45, 2.75) is 39.5 Å². The van der Waals surface area contributed by atoms with Crippen LogP contribution in [0.1, 0.15) is 39.5 Å². The van der Waals surface area contributed by atoms with E-state index in [1.165, 1.54) is 65.0 Å². The molecule has 0 aliphatic carbocycles. The van der Waals surface area contributed by atoms with Gasteiger partial charge in [0.25, 0.3) is 0 Å². The molecule has 2 saturated heterocycles. The molecule has 0 amide bonds. The minimum atomic E-state index is 0.925. The fraction of sp³-hybridized carbons (Fsp3) is 1.00. The van der Waals surface area contributed by atoms with Crippen molar-refractivity contribution < 1.29 is 0 Å². The molecule has 0 aromatic carbocycles. The predicted octanol–water partition coefficient (Wildman–Crippen LogP) is 1.94. The van der Waals surface area contributed by atoms with Crippen LogP contribution in [-0.4, -0.2) is 51.2 Å². The van der Waals surface area contributed by atoms with Crippen LogP contribution in [0.2, 0.25) is 0 Å². The Morgan fingerprint density at radius 3 is 2.17 bits per heavy atom. The molecule has 2 heterocycles. The summed E-state index contributed by atoms with van der Waals surface area (Å²) in [6.45, 7) is 11.7. The molecule has 3 heteroatoms. The van der Waals surface area contributed by atoms with Crippen LogP contribution in [0, 0.1) is 11.8 Å². The van der Waals surface area contributed by atoms with Crippen LogP contribution in [0.3, 0.4) is 0 Å². The van der Waals surface area contributed by atoms with Gasteiger partial charge in [-0.15, -0.1) is 0 Å². The summed E-state index contributed by atoms with van der Waals surface area (Å²) in [6, 6.07) is 0. The Bertz CT molecular complexity index is 182. The van der Waals surface area contributed by atoms with Crippen molar-refractivity contribution in [2.75, 3.05) is 46.3 Å². The lowest BCUT2D eigenvalue weighted by Crippen LogP contribution is -2.41. The number of rotatable bonds is 4. The zero-order chi connectivity index (χ0) is 13.2. The second-order valence-corrected chi connectivity index (χ2v) is 5.50. The lowest BCUT2D eigenvalue weighted by atomic mass is 9.93. The van der Waals surface area contributed by atoms with Crippen molar-refractivity contribution >= 4 is 0 Å². The summed E-state index contributed by atoms with van der Waals surface area (Å²) in [4.78, 5) is 2.70. The minimum Gasteiger partial charge on any atom is -0.319 e. The van der Waals surface area contributed by atoms with Gasteiger partial charge in [0, 0.05) is 6.54 Å². The number of piperidine rings is 2. The summed E-state index contributed by atoms with van der Waals surface area (Å²) in [5.74, 6) is 1.89. The van der Waals surface area contributed by atoms with E-state index in [1.54, 1.807) is 0 Å². The molecule has 18 heavy (non-hydrogen) atoms. The molecule has 2 aliphatic heterocycles. The SMILES string of the molecule is CC.CNCC1CCN(CC2CCNCC2)CC1. The summed E-state index contributed by atoms with van der Waals surface area (Å²) >= 11 is 0. The van der Waals surface area contributed by atoms with Crippen molar-refractivity contribution in [1.29, 1.82) is 0 Å². The van der Waals surface area contributed by atoms with Gasteiger partial charge in [0.1, 0.15) is 0 Å². The maximum atomic E-state index is 3.45. The van der Waals surface area contributed by atoms with Crippen LogP contribution in [-0.2, 0) is 0 Å². The summed E-state index contributed by atoms with van der Waals surface area (Å²) < 4.78 is 0. The van der Waals surface area contributed by atoms with Crippen LogP contribution < -0.4 is 10.6 Å². The molecule has 0 radical (unpaired) electrons. The van der Waals surface area contributed by atoms with E-state index in [1.807, 2.05) is 13.8 Å². The second-order valence-electron chi connectivity index (χ2n) is 5.50.